The fraction of sp³-hybridized carbons (Fsp3) is 0.400. The molecular weight excluding hydrogens is 332 g/mol. The zero-order valence-electron chi connectivity index (χ0n) is 15.4. The molecule has 2 amide bonds. The van der Waals surface area contributed by atoms with Crippen LogP contribution in [0.4, 0.5) is 5.69 Å². The average Bonchev–Trinajstić information content (AvgIpc) is 3.16. The Morgan fingerprint density at radius 3 is 2.73 bits per heavy atom. The minimum atomic E-state index is -0.0992. The van der Waals surface area contributed by atoms with Crippen molar-refractivity contribution in [1.29, 1.82) is 0 Å². The fourth-order valence-corrected chi connectivity index (χ4v) is 2.38. The lowest BCUT2D eigenvalue weighted by Crippen LogP contribution is -2.35. The summed E-state index contributed by atoms with van der Waals surface area (Å²) in [5, 5.41) is 2.77. The van der Waals surface area contributed by atoms with Crippen LogP contribution in [-0.4, -0.2) is 29.9 Å². The number of furan rings is 1. The van der Waals surface area contributed by atoms with Gasteiger partial charge in [0.25, 0.3) is 5.91 Å². The quantitative estimate of drug-likeness (QED) is 0.700. The number of amides is 2. The summed E-state index contributed by atoms with van der Waals surface area (Å²) < 4.78 is 11.0. The van der Waals surface area contributed by atoms with Crippen molar-refractivity contribution in [2.75, 3.05) is 18.5 Å². The Morgan fingerprint density at radius 1 is 1.19 bits per heavy atom. The van der Waals surface area contributed by atoms with Crippen molar-refractivity contribution in [3.63, 3.8) is 0 Å². The molecule has 0 bridgehead atoms. The highest BCUT2D eigenvalue weighted by Crippen LogP contribution is 2.18. The van der Waals surface area contributed by atoms with Crippen LogP contribution in [-0.2, 0) is 16.1 Å². The molecule has 0 aliphatic carbocycles. The number of nitrogens with zero attached hydrogens (tertiary/aromatic N) is 1. The maximum atomic E-state index is 12.5. The highest BCUT2D eigenvalue weighted by Gasteiger charge is 2.15. The molecule has 2 rings (SSSR count). The first-order chi connectivity index (χ1) is 12.6. The SMILES string of the molecule is CCCCN(Cc1ccco1)C(=O)COc1cccc(NC(=O)CC)c1. The monoisotopic (exact) mass is 358 g/mol. The summed E-state index contributed by atoms with van der Waals surface area (Å²) in [7, 11) is 0. The molecule has 0 saturated heterocycles. The Morgan fingerprint density at radius 2 is 2.04 bits per heavy atom. The van der Waals surface area contributed by atoms with E-state index in [1.165, 1.54) is 0 Å². The maximum Gasteiger partial charge on any atom is 0.260 e. The highest BCUT2D eigenvalue weighted by atomic mass is 16.5. The maximum absolute atomic E-state index is 12.5. The van der Waals surface area contributed by atoms with E-state index in [2.05, 4.69) is 12.2 Å². The molecule has 6 heteroatoms. The molecule has 1 aromatic heterocycles. The molecule has 0 aliphatic heterocycles. The van der Waals surface area contributed by atoms with Crippen molar-refractivity contribution >= 4 is 17.5 Å². The molecule has 0 radical (unpaired) electrons. The van der Waals surface area contributed by atoms with Crippen LogP contribution in [0.3, 0.4) is 0 Å². The van der Waals surface area contributed by atoms with Gasteiger partial charge >= 0.3 is 0 Å². The highest BCUT2D eigenvalue weighted by molar-refractivity contribution is 5.90. The minimum Gasteiger partial charge on any atom is -0.484 e. The van der Waals surface area contributed by atoms with Gasteiger partial charge in [-0.2, -0.15) is 0 Å². The van der Waals surface area contributed by atoms with Gasteiger partial charge < -0.3 is 19.4 Å². The third-order valence-electron chi connectivity index (χ3n) is 3.86. The molecule has 140 valence electrons. The van der Waals surface area contributed by atoms with Gasteiger partial charge in [0, 0.05) is 24.7 Å². The molecule has 6 nitrogen and oxygen atoms in total. The van der Waals surface area contributed by atoms with Crippen LogP contribution in [0.5, 0.6) is 5.75 Å². The number of carbonyl (C=O) groups is 2. The van der Waals surface area contributed by atoms with Crippen LogP contribution < -0.4 is 10.1 Å². The number of carbonyl (C=O) groups excluding carboxylic acids is 2. The standard InChI is InChI=1S/C20H26N2O4/c1-3-5-11-22(14-18-10-7-12-25-18)20(24)15-26-17-9-6-8-16(13-17)21-19(23)4-2/h6-10,12-13H,3-5,11,14-15H2,1-2H3,(H,21,23). The molecule has 0 saturated carbocycles. The summed E-state index contributed by atoms with van der Waals surface area (Å²) >= 11 is 0. The van der Waals surface area contributed by atoms with E-state index in [-0.39, 0.29) is 18.4 Å². The van der Waals surface area contributed by atoms with Crippen molar-refractivity contribution in [3.8, 4) is 5.75 Å². The number of hydrogen-bond acceptors (Lipinski definition) is 4. The second kappa shape index (κ2) is 10.3. The molecule has 0 fully saturated rings. The van der Waals surface area contributed by atoms with Gasteiger partial charge in [0.2, 0.25) is 5.91 Å². The molecule has 1 aromatic carbocycles. The Kier molecular flexibility index (Phi) is 7.74. The fourth-order valence-electron chi connectivity index (χ4n) is 2.38. The lowest BCUT2D eigenvalue weighted by atomic mass is 10.3. The summed E-state index contributed by atoms with van der Waals surface area (Å²) in [6, 6.07) is 10.7. The van der Waals surface area contributed by atoms with Crippen LogP contribution in [0, 0.1) is 0 Å². The molecule has 2 aromatic rings. The predicted octanol–water partition coefficient (Wildman–Crippen LogP) is 3.84. The van der Waals surface area contributed by atoms with Gasteiger partial charge in [-0.25, -0.2) is 0 Å². The molecule has 1 heterocycles. The van der Waals surface area contributed by atoms with Crippen LogP contribution >= 0.6 is 0 Å². The Hall–Kier alpha value is -2.76. The van der Waals surface area contributed by atoms with Gasteiger partial charge in [0.05, 0.1) is 12.8 Å². The first-order valence-electron chi connectivity index (χ1n) is 8.95. The van der Waals surface area contributed by atoms with Crippen LogP contribution in [0.15, 0.2) is 47.1 Å². The zero-order chi connectivity index (χ0) is 18.8. The third kappa shape index (κ3) is 6.27. The van der Waals surface area contributed by atoms with Crippen LogP contribution in [0.1, 0.15) is 38.9 Å². The molecule has 0 unspecified atom stereocenters. The van der Waals surface area contributed by atoms with Gasteiger partial charge in [-0.1, -0.05) is 26.3 Å². The number of benzene rings is 1. The smallest absolute Gasteiger partial charge is 0.260 e. The molecular formula is C20H26N2O4. The van der Waals surface area contributed by atoms with Gasteiger partial charge in [-0.05, 0) is 30.7 Å². The Balaban J connectivity index is 1.93. The topological polar surface area (TPSA) is 71.8 Å². The third-order valence-corrected chi connectivity index (χ3v) is 3.86. The van der Waals surface area contributed by atoms with Gasteiger partial charge in [0.1, 0.15) is 11.5 Å². The van der Waals surface area contributed by atoms with E-state index in [1.54, 1.807) is 42.4 Å². The number of anilines is 1. The second-order valence-corrected chi connectivity index (χ2v) is 5.97. The van der Waals surface area contributed by atoms with E-state index < -0.39 is 0 Å². The van der Waals surface area contributed by atoms with Crippen LogP contribution in [0.2, 0.25) is 0 Å². The number of unbranched alkanes of at least 4 members (excludes halogenated alkanes) is 1. The van der Waals surface area contributed by atoms with E-state index in [4.69, 9.17) is 9.15 Å². The zero-order valence-corrected chi connectivity index (χ0v) is 15.4. The van der Waals surface area contributed by atoms with Crippen molar-refractivity contribution < 1.29 is 18.7 Å². The summed E-state index contributed by atoms with van der Waals surface area (Å²) in [6.45, 7) is 4.91. The Labute approximate surface area is 154 Å². The van der Waals surface area contributed by atoms with Crippen molar-refractivity contribution in [2.45, 2.75) is 39.7 Å². The van der Waals surface area contributed by atoms with Crippen LogP contribution in [0.25, 0.3) is 0 Å². The lowest BCUT2D eigenvalue weighted by molar-refractivity contribution is -0.134. The predicted molar refractivity (Wildman–Crippen MR) is 99.9 cm³/mol. The van der Waals surface area contributed by atoms with E-state index in [0.717, 1.165) is 18.6 Å². The summed E-state index contributed by atoms with van der Waals surface area (Å²) in [4.78, 5) is 25.8. The van der Waals surface area contributed by atoms with E-state index in [9.17, 15) is 9.59 Å². The average molecular weight is 358 g/mol. The largest absolute Gasteiger partial charge is 0.484 e. The number of rotatable bonds is 10. The Bertz CT molecular complexity index is 698. The van der Waals surface area contributed by atoms with E-state index in [0.29, 0.717) is 30.9 Å². The summed E-state index contributed by atoms with van der Waals surface area (Å²) in [5.74, 6) is 1.12. The normalized spacial score (nSPS) is 10.4. The molecule has 0 aliphatic rings. The van der Waals surface area contributed by atoms with Crippen molar-refractivity contribution in [2.24, 2.45) is 0 Å². The van der Waals surface area contributed by atoms with Gasteiger partial charge in [-0.15, -0.1) is 0 Å². The van der Waals surface area contributed by atoms with Crippen molar-refractivity contribution in [3.05, 3.63) is 48.4 Å². The summed E-state index contributed by atoms with van der Waals surface area (Å²) in [6.07, 6.45) is 3.93. The van der Waals surface area contributed by atoms with E-state index >= 15 is 0 Å². The number of nitrogens with one attached hydrogen (secondary N) is 1. The number of ether oxygens (including phenoxy) is 1. The minimum absolute atomic E-state index is 0.0599. The first kappa shape index (κ1) is 19.6. The molecule has 0 spiro atoms. The van der Waals surface area contributed by atoms with Gasteiger partial charge in [0.15, 0.2) is 6.61 Å². The molecule has 1 N–H and O–H groups in total. The molecule has 26 heavy (non-hydrogen) atoms. The van der Waals surface area contributed by atoms with Crippen molar-refractivity contribution in [1.82, 2.24) is 4.90 Å². The first-order valence-corrected chi connectivity index (χ1v) is 8.95. The molecule has 0 atom stereocenters. The van der Waals surface area contributed by atoms with E-state index in [1.807, 2.05) is 12.1 Å². The lowest BCUT2D eigenvalue weighted by Gasteiger charge is -2.21. The summed E-state index contributed by atoms with van der Waals surface area (Å²) in [5.41, 5.74) is 0.653. The van der Waals surface area contributed by atoms with Gasteiger partial charge in [-0.3, -0.25) is 9.59 Å². The number of hydrogen-bond donors (Lipinski definition) is 1. The second-order valence-electron chi connectivity index (χ2n) is 5.97.